The van der Waals surface area contributed by atoms with Gasteiger partial charge in [-0.05, 0) is 75.1 Å². The molecule has 0 spiro atoms. The molecule has 0 radical (unpaired) electrons. The van der Waals surface area contributed by atoms with Crippen molar-refractivity contribution in [3.05, 3.63) is 194 Å². The van der Waals surface area contributed by atoms with Crippen LogP contribution in [-0.2, 0) is 0 Å². The summed E-state index contributed by atoms with van der Waals surface area (Å²) in [6, 6.07) is 68.2. The van der Waals surface area contributed by atoms with Crippen LogP contribution in [0.2, 0.25) is 0 Å². The van der Waals surface area contributed by atoms with Crippen molar-refractivity contribution in [2.75, 3.05) is 0 Å². The van der Waals surface area contributed by atoms with Crippen LogP contribution in [0.1, 0.15) is 0 Å². The van der Waals surface area contributed by atoms with E-state index in [1.807, 2.05) is 66.7 Å². The first-order valence-electron chi connectivity index (χ1n) is 19.5. The number of benzene rings is 9. The van der Waals surface area contributed by atoms with Gasteiger partial charge in [-0.1, -0.05) is 152 Å². The van der Waals surface area contributed by atoms with Crippen molar-refractivity contribution in [3.63, 3.8) is 0 Å². The van der Waals surface area contributed by atoms with E-state index in [1.165, 1.54) is 32.3 Å². The molecule has 3 heterocycles. The number of rotatable bonds is 5. The summed E-state index contributed by atoms with van der Waals surface area (Å²) >= 11 is 0. The maximum Gasteiger partial charge on any atom is 0.164 e. The van der Waals surface area contributed by atoms with E-state index in [-0.39, 0.29) is 0 Å². The van der Waals surface area contributed by atoms with Crippen LogP contribution in [0, 0.1) is 0 Å². The zero-order chi connectivity index (χ0) is 38.2. The highest BCUT2D eigenvalue weighted by Crippen LogP contribution is 2.43. The minimum Gasteiger partial charge on any atom is -0.456 e. The number of furan rings is 1. The molecule has 0 aliphatic rings. The van der Waals surface area contributed by atoms with Crippen molar-refractivity contribution >= 4 is 65.3 Å². The normalized spacial score (nSPS) is 11.8. The number of para-hydroxylation sites is 1. The van der Waals surface area contributed by atoms with Gasteiger partial charge in [-0.15, -0.1) is 0 Å². The molecule has 12 rings (SSSR count). The first-order valence-corrected chi connectivity index (χ1v) is 19.5. The molecular formula is C53H32N4O. The minimum atomic E-state index is 0.623. The molecule has 0 aliphatic carbocycles. The zero-order valence-electron chi connectivity index (χ0n) is 31.2. The molecule has 0 N–H and O–H groups in total. The van der Waals surface area contributed by atoms with Crippen molar-refractivity contribution in [2.24, 2.45) is 0 Å². The van der Waals surface area contributed by atoms with Gasteiger partial charge in [0.25, 0.3) is 0 Å². The van der Waals surface area contributed by atoms with E-state index >= 15 is 0 Å². The average Bonchev–Trinajstić information content (AvgIpc) is 3.82. The fourth-order valence-corrected chi connectivity index (χ4v) is 8.57. The number of nitrogens with zero attached hydrogens (tertiary/aromatic N) is 4. The second-order valence-corrected chi connectivity index (χ2v) is 14.9. The van der Waals surface area contributed by atoms with Gasteiger partial charge in [0.1, 0.15) is 11.2 Å². The molecular weight excluding hydrogens is 709 g/mol. The predicted octanol–water partition coefficient (Wildman–Crippen LogP) is 13.8. The Kier molecular flexibility index (Phi) is 7.16. The van der Waals surface area contributed by atoms with Crippen LogP contribution in [-0.4, -0.2) is 19.5 Å². The Morgan fingerprint density at radius 1 is 0.328 bits per heavy atom. The molecule has 3 aromatic heterocycles. The standard InChI is InChI=1S/C53H32N4O/c1-3-13-34(14-4-1)51-54-52(35-15-5-2-6-16-35)56-53(55-51)36-25-23-33(24-26-36)41-31-47(50-42-21-11-12-22-48(42)58-49(50)32-41)57-45-29-39-19-9-7-17-37(39)27-43(45)44-28-38-18-8-10-20-40(38)30-46(44)57/h1-32H. The van der Waals surface area contributed by atoms with Crippen LogP contribution in [0.15, 0.2) is 199 Å². The van der Waals surface area contributed by atoms with Gasteiger partial charge in [0, 0.05) is 32.8 Å². The number of hydrogen-bond donors (Lipinski definition) is 0. The van der Waals surface area contributed by atoms with Gasteiger partial charge >= 0.3 is 0 Å². The van der Waals surface area contributed by atoms with E-state index in [1.54, 1.807) is 0 Å². The highest BCUT2D eigenvalue weighted by atomic mass is 16.3. The lowest BCUT2D eigenvalue weighted by molar-refractivity contribution is 0.669. The summed E-state index contributed by atoms with van der Waals surface area (Å²) in [6.45, 7) is 0. The van der Waals surface area contributed by atoms with Crippen LogP contribution in [0.3, 0.4) is 0 Å². The van der Waals surface area contributed by atoms with Crippen LogP contribution in [0.5, 0.6) is 0 Å². The maximum atomic E-state index is 6.68. The molecule has 270 valence electrons. The molecule has 0 unspecified atom stereocenters. The summed E-state index contributed by atoms with van der Waals surface area (Å²) in [4.78, 5) is 14.8. The summed E-state index contributed by atoms with van der Waals surface area (Å²) in [5.41, 5.74) is 9.99. The van der Waals surface area contributed by atoms with Crippen LogP contribution in [0.25, 0.3) is 116 Å². The SMILES string of the molecule is c1ccc(-c2nc(-c3ccccc3)nc(-c3ccc(-c4cc(-n5c6cc7ccccc7cc6c6cc7ccccc7cc65)c5c(c4)oc4ccccc45)cc3)n2)cc1. The first-order chi connectivity index (χ1) is 28.7. The molecule has 5 heteroatoms. The molecule has 0 aliphatic heterocycles. The summed E-state index contributed by atoms with van der Waals surface area (Å²) in [7, 11) is 0. The molecule has 0 bridgehead atoms. The van der Waals surface area contributed by atoms with E-state index in [0.717, 1.165) is 66.5 Å². The Morgan fingerprint density at radius 2 is 0.776 bits per heavy atom. The Morgan fingerprint density at radius 3 is 1.33 bits per heavy atom. The summed E-state index contributed by atoms with van der Waals surface area (Å²) in [5, 5.41) is 9.46. The van der Waals surface area contributed by atoms with Crippen molar-refractivity contribution in [1.82, 2.24) is 19.5 Å². The molecule has 0 saturated carbocycles. The predicted molar refractivity (Wildman–Crippen MR) is 238 cm³/mol. The Bertz CT molecular complexity index is 3400. The molecule has 0 saturated heterocycles. The number of aromatic nitrogens is 4. The lowest BCUT2D eigenvalue weighted by Gasteiger charge is -2.14. The third-order valence-corrected chi connectivity index (χ3v) is 11.4. The second kappa shape index (κ2) is 12.8. The van der Waals surface area contributed by atoms with Gasteiger partial charge in [0.15, 0.2) is 17.5 Å². The van der Waals surface area contributed by atoms with Gasteiger partial charge in [0.05, 0.1) is 22.1 Å². The fourth-order valence-electron chi connectivity index (χ4n) is 8.57. The molecule has 0 atom stereocenters. The summed E-state index contributed by atoms with van der Waals surface area (Å²) in [5.74, 6) is 1.90. The third kappa shape index (κ3) is 5.21. The Balaban J connectivity index is 1.08. The van der Waals surface area contributed by atoms with Crippen molar-refractivity contribution < 1.29 is 4.42 Å². The second-order valence-electron chi connectivity index (χ2n) is 14.9. The summed E-state index contributed by atoms with van der Waals surface area (Å²) in [6.07, 6.45) is 0. The van der Waals surface area contributed by atoms with Crippen LogP contribution >= 0.6 is 0 Å². The van der Waals surface area contributed by atoms with E-state index in [4.69, 9.17) is 19.4 Å². The molecule has 0 amide bonds. The lowest BCUT2D eigenvalue weighted by Crippen LogP contribution is -2.00. The fraction of sp³-hybridized carbons (Fsp3) is 0. The third-order valence-electron chi connectivity index (χ3n) is 11.4. The quantitative estimate of drug-likeness (QED) is 0.176. The van der Waals surface area contributed by atoms with Crippen molar-refractivity contribution in [3.8, 4) is 51.0 Å². The number of hydrogen-bond acceptors (Lipinski definition) is 4. The molecule has 12 aromatic rings. The Hall–Kier alpha value is -7.89. The maximum absolute atomic E-state index is 6.68. The molecule has 9 aromatic carbocycles. The topological polar surface area (TPSA) is 56.7 Å². The highest BCUT2D eigenvalue weighted by Gasteiger charge is 2.21. The monoisotopic (exact) mass is 740 g/mol. The molecule has 5 nitrogen and oxygen atoms in total. The van der Waals surface area contributed by atoms with Gasteiger partial charge in [0.2, 0.25) is 0 Å². The van der Waals surface area contributed by atoms with Gasteiger partial charge in [-0.25, -0.2) is 15.0 Å². The molecule has 58 heavy (non-hydrogen) atoms. The van der Waals surface area contributed by atoms with Gasteiger partial charge in [-0.2, -0.15) is 0 Å². The highest BCUT2D eigenvalue weighted by molar-refractivity contribution is 6.19. The van der Waals surface area contributed by atoms with E-state index in [9.17, 15) is 0 Å². The van der Waals surface area contributed by atoms with E-state index in [0.29, 0.717) is 17.5 Å². The minimum absolute atomic E-state index is 0.623. The van der Waals surface area contributed by atoms with Gasteiger partial charge < -0.3 is 8.98 Å². The van der Waals surface area contributed by atoms with Gasteiger partial charge in [-0.3, -0.25) is 0 Å². The summed E-state index contributed by atoms with van der Waals surface area (Å²) < 4.78 is 9.13. The van der Waals surface area contributed by atoms with Crippen molar-refractivity contribution in [1.29, 1.82) is 0 Å². The van der Waals surface area contributed by atoms with Crippen molar-refractivity contribution in [2.45, 2.75) is 0 Å². The van der Waals surface area contributed by atoms with E-state index in [2.05, 4.69) is 132 Å². The van der Waals surface area contributed by atoms with Crippen LogP contribution in [0.4, 0.5) is 0 Å². The lowest BCUT2D eigenvalue weighted by atomic mass is 10.00. The van der Waals surface area contributed by atoms with Crippen LogP contribution < -0.4 is 0 Å². The van der Waals surface area contributed by atoms with E-state index < -0.39 is 0 Å². The Labute approximate surface area is 333 Å². The first kappa shape index (κ1) is 32.4. The molecule has 0 fully saturated rings. The smallest absolute Gasteiger partial charge is 0.164 e. The number of fused-ring (bicyclic) bond motifs is 8. The zero-order valence-corrected chi connectivity index (χ0v) is 31.2. The largest absolute Gasteiger partial charge is 0.456 e. The average molecular weight is 741 g/mol.